The van der Waals surface area contributed by atoms with E-state index in [4.69, 9.17) is 5.14 Å². The maximum absolute atomic E-state index is 12.5. The molecule has 2 atom stereocenters. The van der Waals surface area contributed by atoms with Crippen molar-refractivity contribution in [1.82, 2.24) is 4.98 Å². The van der Waals surface area contributed by atoms with Crippen LogP contribution >= 0.6 is 15.9 Å². The minimum absolute atomic E-state index is 0.104. The fourth-order valence-corrected chi connectivity index (χ4v) is 2.74. The molecule has 1 heterocycles. The van der Waals surface area contributed by atoms with E-state index >= 15 is 0 Å². The van der Waals surface area contributed by atoms with Crippen molar-refractivity contribution in [1.29, 1.82) is 0 Å². The van der Waals surface area contributed by atoms with Gasteiger partial charge in [-0.15, -0.1) is 0 Å². The molecule has 0 fully saturated rings. The summed E-state index contributed by atoms with van der Waals surface area (Å²) in [6.07, 6.45) is -4.96. The molecule has 1 unspecified atom stereocenters. The summed E-state index contributed by atoms with van der Waals surface area (Å²) in [4.78, 5) is 4.23. The number of nitrogens with zero attached hydrogens (tertiary/aromatic N) is 1. The fraction of sp³-hybridized carbons (Fsp3) is 0.615. The highest BCUT2D eigenvalue weighted by Crippen LogP contribution is 2.35. The molecular formula is C13H18BrF3N2OS. The molecule has 0 radical (unpaired) electrons. The predicted molar refractivity (Wildman–Crippen MR) is 81.0 cm³/mol. The quantitative estimate of drug-likeness (QED) is 0.749. The minimum Gasteiger partial charge on any atom is -0.251 e. The summed E-state index contributed by atoms with van der Waals surface area (Å²) < 4.78 is 48.8. The van der Waals surface area contributed by atoms with E-state index in [1.165, 1.54) is 0 Å². The van der Waals surface area contributed by atoms with Crippen LogP contribution in [0.3, 0.4) is 0 Å². The maximum Gasteiger partial charge on any atom is 0.389 e. The Kier molecular flexibility index (Phi) is 6.36. The molecule has 8 heteroatoms. The summed E-state index contributed by atoms with van der Waals surface area (Å²) in [7, 11) is -1.62. The first kappa shape index (κ1) is 18.6. The Balaban J connectivity index is 2.97. The summed E-state index contributed by atoms with van der Waals surface area (Å²) in [6, 6.07) is 5.11. The number of rotatable bonds is 6. The van der Waals surface area contributed by atoms with Gasteiger partial charge in [0.2, 0.25) is 0 Å². The summed E-state index contributed by atoms with van der Waals surface area (Å²) in [5, 5.41) is 5.43. The van der Waals surface area contributed by atoms with Crippen molar-refractivity contribution in [3.8, 4) is 0 Å². The lowest BCUT2D eigenvalue weighted by atomic mass is 9.89. The molecule has 0 bridgehead atoms. The Hall–Kier alpha value is -0.470. The van der Waals surface area contributed by atoms with Crippen molar-refractivity contribution in [2.75, 3.05) is 0 Å². The van der Waals surface area contributed by atoms with Gasteiger partial charge >= 0.3 is 6.18 Å². The van der Waals surface area contributed by atoms with E-state index in [2.05, 4.69) is 20.9 Å². The van der Waals surface area contributed by atoms with Gasteiger partial charge in [0, 0.05) is 18.0 Å². The number of halogens is 4. The van der Waals surface area contributed by atoms with E-state index in [0.717, 1.165) is 0 Å². The van der Waals surface area contributed by atoms with Crippen LogP contribution in [0.2, 0.25) is 0 Å². The molecule has 0 aliphatic rings. The van der Waals surface area contributed by atoms with Crippen molar-refractivity contribution < 1.29 is 17.4 Å². The van der Waals surface area contributed by atoms with Gasteiger partial charge in [-0.1, -0.05) is 6.07 Å². The predicted octanol–water partition coefficient (Wildman–Crippen LogP) is 4.06. The topological polar surface area (TPSA) is 56.0 Å². The van der Waals surface area contributed by atoms with Crippen molar-refractivity contribution in [2.45, 2.75) is 50.0 Å². The number of aromatic nitrogens is 1. The van der Waals surface area contributed by atoms with Crippen molar-refractivity contribution >= 4 is 26.9 Å². The highest BCUT2D eigenvalue weighted by Gasteiger charge is 2.33. The molecule has 0 saturated carbocycles. The summed E-state index contributed by atoms with van der Waals surface area (Å²) >= 11 is 3.21. The van der Waals surface area contributed by atoms with Crippen molar-refractivity contribution in [3.63, 3.8) is 0 Å². The van der Waals surface area contributed by atoms with E-state index in [9.17, 15) is 17.4 Å². The SMILES string of the molecule is CC(C)(C[C@H](CCC(F)(F)F)c1cccc(Br)n1)S(N)=O. The van der Waals surface area contributed by atoms with Crippen LogP contribution in [-0.4, -0.2) is 20.1 Å². The molecule has 0 aliphatic carbocycles. The second-order valence-corrected chi connectivity index (χ2v) is 8.01. The zero-order chi connectivity index (χ0) is 16.3. The van der Waals surface area contributed by atoms with E-state index in [0.29, 0.717) is 10.3 Å². The number of hydrogen-bond acceptors (Lipinski definition) is 2. The van der Waals surface area contributed by atoms with Crippen LogP contribution in [0.1, 0.15) is 44.7 Å². The molecule has 0 amide bonds. The summed E-state index contributed by atoms with van der Waals surface area (Å²) in [5.74, 6) is -0.452. The lowest BCUT2D eigenvalue weighted by molar-refractivity contribution is -0.136. The van der Waals surface area contributed by atoms with Gasteiger partial charge in [-0.2, -0.15) is 13.2 Å². The van der Waals surface area contributed by atoms with E-state index in [-0.39, 0.29) is 12.8 Å². The molecule has 120 valence electrons. The number of hydrogen-bond donors (Lipinski definition) is 1. The molecule has 0 spiro atoms. The van der Waals surface area contributed by atoms with Gasteiger partial charge in [0.15, 0.2) is 0 Å². The normalized spacial score (nSPS) is 15.8. The Bertz CT molecular complexity index is 508. The third-order valence-corrected chi connectivity index (χ3v) is 4.91. The average Bonchev–Trinajstić information content (AvgIpc) is 2.33. The lowest BCUT2D eigenvalue weighted by Crippen LogP contribution is -2.34. The largest absolute Gasteiger partial charge is 0.389 e. The van der Waals surface area contributed by atoms with E-state index < -0.39 is 34.2 Å². The molecule has 0 aliphatic heterocycles. The van der Waals surface area contributed by atoms with Gasteiger partial charge < -0.3 is 0 Å². The maximum atomic E-state index is 12.5. The van der Waals surface area contributed by atoms with Crippen LogP contribution in [-0.2, 0) is 11.0 Å². The Morgan fingerprint density at radius 2 is 2.00 bits per heavy atom. The van der Waals surface area contributed by atoms with Gasteiger partial charge in [0.05, 0.1) is 15.7 Å². The number of alkyl halides is 3. The molecule has 21 heavy (non-hydrogen) atoms. The Labute approximate surface area is 133 Å². The van der Waals surface area contributed by atoms with Gasteiger partial charge in [-0.05, 0) is 54.8 Å². The van der Waals surface area contributed by atoms with Crippen LogP contribution in [0.4, 0.5) is 13.2 Å². The molecule has 1 aromatic rings. The minimum atomic E-state index is -4.23. The van der Waals surface area contributed by atoms with Crippen molar-refractivity contribution in [3.05, 3.63) is 28.5 Å². The molecule has 1 aromatic heterocycles. The lowest BCUT2D eigenvalue weighted by Gasteiger charge is -2.27. The second kappa shape index (κ2) is 7.19. The molecule has 0 saturated heterocycles. The van der Waals surface area contributed by atoms with Crippen LogP contribution in [0.15, 0.2) is 22.8 Å². The van der Waals surface area contributed by atoms with Crippen LogP contribution < -0.4 is 5.14 Å². The van der Waals surface area contributed by atoms with Gasteiger partial charge in [0.1, 0.15) is 4.60 Å². The zero-order valence-corrected chi connectivity index (χ0v) is 14.2. The van der Waals surface area contributed by atoms with Gasteiger partial charge in [0.25, 0.3) is 0 Å². The highest BCUT2D eigenvalue weighted by atomic mass is 79.9. The van der Waals surface area contributed by atoms with E-state index in [1.807, 2.05) is 0 Å². The first-order valence-electron chi connectivity index (χ1n) is 6.37. The first-order valence-corrected chi connectivity index (χ1v) is 8.37. The molecule has 0 aromatic carbocycles. The fourth-order valence-electron chi connectivity index (χ4n) is 2.02. The highest BCUT2D eigenvalue weighted by molar-refractivity contribution is 9.10. The Morgan fingerprint density at radius 1 is 1.38 bits per heavy atom. The summed E-state index contributed by atoms with van der Waals surface area (Å²) in [6.45, 7) is 3.36. The van der Waals surface area contributed by atoms with Crippen molar-refractivity contribution in [2.24, 2.45) is 5.14 Å². The van der Waals surface area contributed by atoms with Crippen LogP contribution in [0, 0.1) is 0 Å². The number of pyridine rings is 1. The van der Waals surface area contributed by atoms with Crippen LogP contribution in [0.25, 0.3) is 0 Å². The number of nitrogens with two attached hydrogens (primary N) is 1. The standard InChI is InChI=1S/C13H18BrF3N2OS/c1-12(2,21(18)20)8-9(6-7-13(15,16)17)10-4-3-5-11(14)19-10/h3-5,9H,6-8,18H2,1-2H3/t9-,21?/m0/s1. The summed E-state index contributed by atoms with van der Waals surface area (Å²) in [5.41, 5.74) is 0.548. The first-order chi connectivity index (χ1) is 9.51. The molecular weight excluding hydrogens is 369 g/mol. The molecule has 1 rings (SSSR count). The van der Waals surface area contributed by atoms with E-state index in [1.54, 1.807) is 32.0 Å². The average molecular weight is 387 g/mol. The Morgan fingerprint density at radius 3 is 2.48 bits per heavy atom. The van der Waals surface area contributed by atoms with Gasteiger partial charge in [-0.25, -0.2) is 9.19 Å². The third-order valence-electron chi connectivity index (χ3n) is 3.21. The van der Waals surface area contributed by atoms with Crippen LogP contribution in [0.5, 0.6) is 0 Å². The third kappa shape index (κ3) is 6.44. The second-order valence-electron chi connectivity index (χ2n) is 5.50. The van der Waals surface area contributed by atoms with Gasteiger partial charge in [-0.3, -0.25) is 5.14 Å². The monoisotopic (exact) mass is 386 g/mol. The molecule has 2 N–H and O–H groups in total. The molecule has 3 nitrogen and oxygen atoms in total. The smallest absolute Gasteiger partial charge is 0.251 e. The zero-order valence-electron chi connectivity index (χ0n) is 11.8.